The van der Waals surface area contributed by atoms with E-state index in [4.69, 9.17) is 19.6 Å². The Labute approximate surface area is 137 Å². The Morgan fingerprint density at radius 2 is 2.00 bits per heavy atom. The van der Waals surface area contributed by atoms with Gasteiger partial charge in [-0.2, -0.15) is 0 Å². The van der Waals surface area contributed by atoms with Crippen LogP contribution in [0.1, 0.15) is 13.3 Å². The normalized spacial score (nSPS) is 33.1. The first-order chi connectivity index (χ1) is 11.0. The second-order valence-corrected chi connectivity index (χ2v) is 5.91. The monoisotopic (exact) mass is 373 g/mol. The van der Waals surface area contributed by atoms with E-state index in [0.717, 1.165) is 6.92 Å². The van der Waals surface area contributed by atoms with E-state index in [1.54, 1.807) is 0 Å². The number of aliphatic carboxylic acids is 1. The Bertz CT molecular complexity index is 463. The molecule has 1 fully saturated rings. The zero-order valence-electron chi connectivity index (χ0n) is 12.5. The molecule has 24 heavy (non-hydrogen) atoms. The number of ether oxygens (including phenoxy) is 1. The summed E-state index contributed by atoms with van der Waals surface area (Å²) < 4.78 is 9.58. The zero-order valence-corrected chi connectivity index (χ0v) is 13.4. The van der Waals surface area contributed by atoms with Crippen molar-refractivity contribution in [2.24, 2.45) is 0 Å². The average Bonchev–Trinajstić information content (AvgIpc) is 2.47. The number of hydrogen-bond acceptors (Lipinski definition) is 10. The number of hydrogen-bond donors (Lipinski definition) is 8. The molecule has 1 rings (SSSR count). The molecule has 0 bridgehead atoms. The molecular formula is C11H20NO11P. The van der Waals surface area contributed by atoms with E-state index in [2.05, 4.69) is 9.84 Å². The molecule has 8 N–H and O–H groups in total. The number of aliphatic hydroxyl groups excluding tert-OH is 4. The summed E-state index contributed by atoms with van der Waals surface area (Å²) in [4.78, 5) is 40.6. The molecule has 1 heterocycles. The molecule has 0 radical (unpaired) electrons. The summed E-state index contributed by atoms with van der Waals surface area (Å²) in [5.74, 6) is -5.20. The standard InChI is InChI=1S/C11H20NO11P/c1-4(14)12-7-5(15)2-11(10(18)19,23-24(20)21)22-9(7)8(17)6(16)3-13/h5-9,13,15-17,20-21H,2-3H2,1H3,(H,12,14)(H,18,19)/t5-,6+,7+,8+,9+,11+/m0/s1. The molecule has 140 valence electrons. The minimum absolute atomic E-state index is 0.645. The van der Waals surface area contributed by atoms with Gasteiger partial charge in [-0.25, -0.2) is 4.79 Å². The van der Waals surface area contributed by atoms with Gasteiger partial charge in [-0.15, -0.1) is 0 Å². The van der Waals surface area contributed by atoms with Crippen molar-refractivity contribution in [1.82, 2.24) is 5.32 Å². The van der Waals surface area contributed by atoms with Crippen LogP contribution in [-0.2, 0) is 18.8 Å². The second kappa shape index (κ2) is 8.43. The van der Waals surface area contributed by atoms with Crippen LogP contribution < -0.4 is 5.32 Å². The Morgan fingerprint density at radius 1 is 1.42 bits per heavy atom. The molecule has 0 aromatic rings. The molecule has 6 atom stereocenters. The van der Waals surface area contributed by atoms with Gasteiger partial charge in [0, 0.05) is 13.3 Å². The minimum atomic E-state index is -3.21. The van der Waals surface area contributed by atoms with Crippen molar-refractivity contribution in [3.63, 3.8) is 0 Å². The van der Waals surface area contributed by atoms with Crippen molar-refractivity contribution >= 4 is 20.5 Å². The van der Waals surface area contributed by atoms with Crippen molar-refractivity contribution in [2.75, 3.05) is 6.61 Å². The summed E-state index contributed by atoms with van der Waals surface area (Å²) in [6.07, 6.45) is -7.88. The van der Waals surface area contributed by atoms with Crippen LogP contribution in [0.3, 0.4) is 0 Å². The van der Waals surface area contributed by atoms with Crippen LogP contribution in [0.5, 0.6) is 0 Å². The number of rotatable bonds is 7. The van der Waals surface area contributed by atoms with Crippen LogP contribution in [-0.4, -0.2) is 90.0 Å². The third kappa shape index (κ3) is 4.79. The number of carboxylic acids is 1. The summed E-state index contributed by atoms with van der Waals surface area (Å²) in [6, 6.07) is -1.35. The maximum absolute atomic E-state index is 11.4. The van der Waals surface area contributed by atoms with Crippen molar-refractivity contribution in [3.05, 3.63) is 0 Å². The lowest BCUT2D eigenvalue weighted by Gasteiger charge is -2.46. The van der Waals surface area contributed by atoms with E-state index in [-0.39, 0.29) is 0 Å². The molecule has 0 aromatic carbocycles. The molecule has 1 amide bonds. The van der Waals surface area contributed by atoms with Crippen LogP contribution in [0.25, 0.3) is 0 Å². The summed E-state index contributed by atoms with van der Waals surface area (Å²) in [6.45, 7) is 0.173. The molecule has 0 aromatic heterocycles. The predicted octanol–water partition coefficient (Wildman–Crippen LogP) is -3.64. The van der Waals surface area contributed by atoms with E-state index in [1.165, 1.54) is 0 Å². The largest absolute Gasteiger partial charge is 0.477 e. The van der Waals surface area contributed by atoms with Gasteiger partial charge in [-0.05, 0) is 0 Å². The van der Waals surface area contributed by atoms with E-state index < -0.39 is 69.8 Å². The fourth-order valence-electron chi connectivity index (χ4n) is 2.35. The van der Waals surface area contributed by atoms with Gasteiger partial charge in [0.25, 0.3) is 5.79 Å². The number of aliphatic hydroxyl groups is 4. The van der Waals surface area contributed by atoms with Crippen LogP contribution in [0.2, 0.25) is 0 Å². The number of carbonyl (C=O) groups excluding carboxylic acids is 1. The Kier molecular flexibility index (Phi) is 7.41. The molecule has 1 saturated heterocycles. The van der Waals surface area contributed by atoms with Gasteiger partial charge in [0.05, 0.1) is 18.8 Å². The fourth-order valence-corrected chi connectivity index (χ4v) is 2.81. The van der Waals surface area contributed by atoms with Crippen LogP contribution in [0, 0.1) is 0 Å². The van der Waals surface area contributed by atoms with Crippen molar-refractivity contribution < 1.29 is 54.2 Å². The summed E-state index contributed by atoms with van der Waals surface area (Å²) >= 11 is 0. The second-order valence-electron chi connectivity index (χ2n) is 5.22. The molecule has 1 aliphatic heterocycles. The third-order valence-corrected chi connectivity index (χ3v) is 3.87. The molecular weight excluding hydrogens is 353 g/mol. The van der Waals surface area contributed by atoms with Gasteiger partial charge < -0.3 is 45.4 Å². The van der Waals surface area contributed by atoms with E-state index in [0.29, 0.717) is 0 Å². The number of nitrogens with one attached hydrogen (secondary N) is 1. The van der Waals surface area contributed by atoms with Gasteiger partial charge in [0.15, 0.2) is 0 Å². The highest BCUT2D eigenvalue weighted by atomic mass is 31.2. The van der Waals surface area contributed by atoms with Gasteiger partial charge in [-0.1, -0.05) is 0 Å². The molecule has 13 heteroatoms. The zero-order chi connectivity index (χ0) is 18.7. The highest BCUT2D eigenvalue weighted by molar-refractivity contribution is 7.39. The summed E-state index contributed by atoms with van der Waals surface area (Å²) in [7, 11) is -3.21. The first-order valence-corrected chi connectivity index (χ1v) is 7.91. The number of carboxylic acid groups (broad SMARTS) is 1. The van der Waals surface area contributed by atoms with Crippen LogP contribution >= 0.6 is 8.60 Å². The molecule has 12 nitrogen and oxygen atoms in total. The maximum atomic E-state index is 11.4. The van der Waals surface area contributed by atoms with Crippen LogP contribution in [0.15, 0.2) is 0 Å². The Morgan fingerprint density at radius 3 is 2.42 bits per heavy atom. The highest BCUT2D eigenvalue weighted by Gasteiger charge is 2.56. The first-order valence-electron chi connectivity index (χ1n) is 6.74. The van der Waals surface area contributed by atoms with Gasteiger partial charge >= 0.3 is 14.6 Å². The molecule has 1 aliphatic rings. The third-order valence-electron chi connectivity index (χ3n) is 3.42. The fraction of sp³-hybridized carbons (Fsp3) is 0.818. The predicted molar refractivity (Wildman–Crippen MR) is 75.0 cm³/mol. The molecule has 0 saturated carbocycles. The minimum Gasteiger partial charge on any atom is -0.477 e. The van der Waals surface area contributed by atoms with E-state index in [9.17, 15) is 30.0 Å². The molecule has 0 unspecified atom stereocenters. The summed E-state index contributed by atoms with van der Waals surface area (Å²) in [5.41, 5.74) is 0. The maximum Gasteiger partial charge on any atom is 0.364 e. The lowest BCUT2D eigenvalue weighted by atomic mass is 9.88. The molecule has 0 aliphatic carbocycles. The average molecular weight is 373 g/mol. The SMILES string of the molecule is CC(=O)N[C@H]1[C@H]([C@H](O)[C@H](O)CO)O[C@](OP(O)O)(C(=O)O)C[C@@H]1O. The Balaban J connectivity index is 3.21. The lowest BCUT2D eigenvalue weighted by molar-refractivity contribution is -0.286. The summed E-state index contributed by atoms with van der Waals surface area (Å²) in [5, 5.41) is 50.1. The number of carbonyl (C=O) groups is 2. The van der Waals surface area contributed by atoms with Crippen molar-refractivity contribution in [1.29, 1.82) is 0 Å². The quantitative estimate of drug-likeness (QED) is 0.204. The highest BCUT2D eigenvalue weighted by Crippen LogP contribution is 2.41. The smallest absolute Gasteiger partial charge is 0.364 e. The van der Waals surface area contributed by atoms with Crippen molar-refractivity contribution in [3.8, 4) is 0 Å². The lowest BCUT2D eigenvalue weighted by Crippen LogP contribution is -2.67. The van der Waals surface area contributed by atoms with E-state index in [1.807, 2.05) is 0 Å². The topological polar surface area (TPSA) is 206 Å². The number of amides is 1. The Hall–Kier alpha value is -0.950. The van der Waals surface area contributed by atoms with Gasteiger partial charge in [-0.3, -0.25) is 9.32 Å². The van der Waals surface area contributed by atoms with Gasteiger partial charge in [0.2, 0.25) is 5.91 Å². The van der Waals surface area contributed by atoms with Crippen LogP contribution in [0.4, 0.5) is 0 Å². The van der Waals surface area contributed by atoms with E-state index >= 15 is 0 Å². The first kappa shape index (κ1) is 21.1. The molecule has 0 spiro atoms. The van der Waals surface area contributed by atoms with Crippen molar-refractivity contribution in [2.45, 2.75) is 49.6 Å². The van der Waals surface area contributed by atoms with Gasteiger partial charge in [0.1, 0.15) is 18.3 Å².